The molecule has 0 spiro atoms. The van der Waals surface area contributed by atoms with Gasteiger partial charge in [0.05, 0.1) is 15.6 Å². The van der Waals surface area contributed by atoms with Crippen molar-refractivity contribution >= 4 is 56.4 Å². The Hall–Kier alpha value is -2.25. The Balaban J connectivity index is 1.86. The Labute approximate surface area is 190 Å². The molecule has 3 aromatic rings. The lowest BCUT2D eigenvalue weighted by molar-refractivity contribution is -0.119. The zero-order chi connectivity index (χ0) is 21.7. The van der Waals surface area contributed by atoms with Crippen LogP contribution in [0.5, 0.6) is 0 Å². The monoisotopic (exact) mass is 482 g/mol. The normalized spacial score (nSPS) is 11.2. The van der Waals surface area contributed by atoms with Gasteiger partial charge in [-0.1, -0.05) is 71.2 Å². The maximum absolute atomic E-state index is 13.2. The lowest BCUT2D eigenvalue weighted by atomic mass is 10.2. The van der Waals surface area contributed by atoms with E-state index >= 15 is 0 Å². The molecule has 1 amide bonds. The van der Waals surface area contributed by atoms with E-state index in [1.54, 1.807) is 60.7 Å². The number of nitrogens with zero attached hydrogens (tertiary/aromatic N) is 1. The Bertz CT molecular complexity index is 1160. The highest BCUT2D eigenvalue weighted by Gasteiger charge is 2.28. The fraction of sp³-hybridized carbons (Fsp3) is 0.0952. The molecule has 0 heterocycles. The van der Waals surface area contributed by atoms with Gasteiger partial charge < -0.3 is 5.32 Å². The molecule has 0 aromatic heterocycles. The van der Waals surface area contributed by atoms with Crippen LogP contribution in [0.25, 0.3) is 0 Å². The number of carbonyl (C=O) groups is 1. The first-order valence-corrected chi connectivity index (χ1v) is 11.4. The molecular weight excluding hydrogens is 467 g/mol. The molecular formula is C21H17Cl3N2O3S. The van der Waals surface area contributed by atoms with Gasteiger partial charge in [0.15, 0.2) is 0 Å². The molecule has 0 saturated heterocycles. The number of nitrogens with one attached hydrogen (secondary N) is 1. The molecule has 0 aliphatic heterocycles. The molecule has 0 aliphatic rings. The quantitative estimate of drug-likeness (QED) is 0.505. The first-order chi connectivity index (χ1) is 14.3. The van der Waals surface area contributed by atoms with E-state index in [0.717, 1.165) is 4.31 Å². The highest BCUT2D eigenvalue weighted by molar-refractivity contribution is 7.92. The number of benzene rings is 3. The van der Waals surface area contributed by atoms with Gasteiger partial charge in [0.1, 0.15) is 6.54 Å². The molecule has 156 valence electrons. The van der Waals surface area contributed by atoms with Crippen LogP contribution in [0.15, 0.2) is 77.7 Å². The molecule has 0 saturated carbocycles. The van der Waals surface area contributed by atoms with Crippen LogP contribution in [0.4, 0.5) is 5.69 Å². The summed E-state index contributed by atoms with van der Waals surface area (Å²) in [5, 5.41) is 3.79. The Morgan fingerprint density at radius 1 is 0.867 bits per heavy atom. The first kappa shape index (κ1) is 22.4. The third-order valence-electron chi connectivity index (χ3n) is 4.23. The average Bonchev–Trinajstić information content (AvgIpc) is 2.72. The molecule has 3 rings (SSSR count). The lowest BCUT2D eigenvalue weighted by Gasteiger charge is -2.25. The van der Waals surface area contributed by atoms with Gasteiger partial charge in [0.25, 0.3) is 10.0 Å². The predicted molar refractivity (Wildman–Crippen MR) is 121 cm³/mol. The fourth-order valence-corrected chi connectivity index (χ4v) is 4.94. The molecule has 9 heteroatoms. The second-order valence-corrected chi connectivity index (χ2v) is 9.40. The van der Waals surface area contributed by atoms with Crippen LogP contribution >= 0.6 is 34.8 Å². The molecule has 0 unspecified atom stereocenters. The van der Waals surface area contributed by atoms with Crippen molar-refractivity contribution in [1.82, 2.24) is 5.32 Å². The topological polar surface area (TPSA) is 66.5 Å². The van der Waals surface area contributed by atoms with E-state index in [2.05, 4.69) is 5.32 Å². The minimum atomic E-state index is -4.02. The number of rotatable bonds is 7. The number of carbonyl (C=O) groups excluding carboxylic acids is 1. The van der Waals surface area contributed by atoms with E-state index in [1.165, 1.54) is 12.1 Å². The van der Waals surface area contributed by atoms with Crippen LogP contribution in [0.1, 0.15) is 5.56 Å². The fourth-order valence-electron chi connectivity index (χ4n) is 2.72. The van der Waals surface area contributed by atoms with E-state index in [1.807, 2.05) is 0 Å². The van der Waals surface area contributed by atoms with Crippen LogP contribution in [-0.2, 0) is 21.4 Å². The summed E-state index contributed by atoms with van der Waals surface area (Å²) in [6.07, 6.45) is 0. The summed E-state index contributed by atoms with van der Waals surface area (Å²) in [5.74, 6) is -0.513. The van der Waals surface area contributed by atoms with Crippen molar-refractivity contribution in [2.45, 2.75) is 11.4 Å². The summed E-state index contributed by atoms with van der Waals surface area (Å²) in [4.78, 5) is 12.7. The third-order valence-corrected chi connectivity index (χ3v) is 6.91. The van der Waals surface area contributed by atoms with E-state index < -0.39 is 22.5 Å². The highest BCUT2D eigenvalue weighted by Crippen LogP contribution is 2.30. The van der Waals surface area contributed by atoms with E-state index in [9.17, 15) is 13.2 Å². The Morgan fingerprint density at radius 3 is 2.20 bits per heavy atom. The van der Waals surface area contributed by atoms with Crippen molar-refractivity contribution in [3.63, 3.8) is 0 Å². The van der Waals surface area contributed by atoms with E-state index in [0.29, 0.717) is 15.6 Å². The van der Waals surface area contributed by atoms with Crippen molar-refractivity contribution in [1.29, 1.82) is 0 Å². The van der Waals surface area contributed by atoms with Crippen LogP contribution in [0, 0.1) is 0 Å². The van der Waals surface area contributed by atoms with Crippen LogP contribution in [0.2, 0.25) is 15.1 Å². The van der Waals surface area contributed by atoms with Crippen LogP contribution in [-0.4, -0.2) is 20.9 Å². The summed E-state index contributed by atoms with van der Waals surface area (Å²) >= 11 is 18.2. The van der Waals surface area contributed by atoms with Crippen LogP contribution < -0.4 is 9.62 Å². The van der Waals surface area contributed by atoms with E-state index in [-0.39, 0.29) is 22.2 Å². The highest BCUT2D eigenvalue weighted by atomic mass is 35.5. The SMILES string of the molecule is O=C(CN(c1ccccc1Cl)S(=O)(=O)c1ccccc1)NCc1ccc(Cl)cc1Cl. The van der Waals surface area contributed by atoms with Gasteiger partial charge in [0.2, 0.25) is 5.91 Å². The second-order valence-electron chi connectivity index (χ2n) is 6.29. The second kappa shape index (κ2) is 9.71. The standard InChI is InChI=1S/C21H17Cl3N2O3S/c22-16-11-10-15(19(24)12-16)13-25-21(27)14-26(20-9-5-4-8-18(20)23)30(28,29)17-6-2-1-3-7-17/h1-12H,13-14H2,(H,25,27). The summed E-state index contributed by atoms with van der Waals surface area (Å²) in [6.45, 7) is -0.331. The molecule has 0 aliphatic carbocycles. The minimum Gasteiger partial charge on any atom is -0.350 e. The van der Waals surface area contributed by atoms with E-state index in [4.69, 9.17) is 34.8 Å². The maximum atomic E-state index is 13.2. The van der Waals surface area contributed by atoms with Gasteiger partial charge in [-0.05, 0) is 42.0 Å². The number of halogens is 3. The summed E-state index contributed by atoms with van der Waals surface area (Å²) in [6, 6.07) is 19.2. The van der Waals surface area contributed by atoms with Gasteiger partial charge in [-0.2, -0.15) is 0 Å². The number of anilines is 1. The molecule has 0 fully saturated rings. The minimum absolute atomic E-state index is 0.0541. The third kappa shape index (κ3) is 5.26. The predicted octanol–water partition coefficient (Wildman–Crippen LogP) is 5.16. The smallest absolute Gasteiger partial charge is 0.264 e. The Kier molecular flexibility index (Phi) is 7.26. The van der Waals surface area contributed by atoms with Gasteiger partial charge in [-0.3, -0.25) is 9.10 Å². The number of para-hydroxylation sites is 1. The largest absolute Gasteiger partial charge is 0.350 e. The lowest BCUT2D eigenvalue weighted by Crippen LogP contribution is -2.40. The Morgan fingerprint density at radius 2 is 1.53 bits per heavy atom. The van der Waals surface area contributed by atoms with Crippen molar-refractivity contribution in [2.24, 2.45) is 0 Å². The molecule has 3 aromatic carbocycles. The van der Waals surface area contributed by atoms with Crippen molar-refractivity contribution in [3.05, 3.63) is 93.4 Å². The van der Waals surface area contributed by atoms with Gasteiger partial charge in [-0.15, -0.1) is 0 Å². The molecule has 0 radical (unpaired) electrons. The number of amides is 1. The van der Waals surface area contributed by atoms with Gasteiger partial charge in [0, 0.05) is 16.6 Å². The number of hydrogen-bond donors (Lipinski definition) is 1. The number of hydrogen-bond acceptors (Lipinski definition) is 3. The number of sulfonamides is 1. The van der Waals surface area contributed by atoms with Crippen molar-refractivity contribution in [3.8, 4) is 0 Å². The average molecular weight is 484 g/mol. The summed E-state index contributed by atoms with van der Waals surface area (Å²) in [7, 11) is -4.02. The molecule has 0 bridgehead atoms. The van der Waals surface area contributed by atoms with Crippen molar-refractivity contribution in [2.75, 3.05) is 10.8 Å². The summed E-state index contributed by atoms with van der Waals surface area (Å²) < 4.78 is 27.5. The zero-order valence-electron chi connectivity index (χ0n) is 15.6. The maximum Gasteiger partial charge on any atom is 0.264 e. The van der Waals surface area contributed by atoms with Gasteiger partial charge >= 0.3 is 0 Å². The molecule has 0 atom stereocenters. The van der Waals surface area contributed by atoms with Crippen LogP contribution in [0.3, 0.4) is 0 Å². The molecule has 1 N–H and O–H groups in total. The molecule has 30 heavy (non-hydrogen) atoms. The molecule has 5 nitrogen and oxygen atoms in total. The zero-order valence-corrected chi connectivity index (χ0v) is 18.6. The van der Waals surface area contributed by atoms with Crippen molar-refractivity contribution < 1.29 is 13.2 Å². The van der Waals surface area contributed by atoms with Gasteiger partial charge in [-0.25, -0.2) is 8.42 Å². The first-order valence-electron chi connectivity index (χ1n) is 8.82. The summed E-state index contributed by atoms with van der Waals surface area (Å²) in [5.41, 5.74) is 0.868.